The summed E-state index contributed by atoms with van der Waals surface area (Å²) in [6.07, 6.45) is 1.79. The molecule has 0 bridgehead atoms. The number of anilines is 1. The molecule has 0 aliphatic carbocycles. The second kappa shape index (κ2) is 9.42. The van der Waals surface area contributed by atoms with E-state index in [-0.39, 0.29) is 11.8 Å². The summed E-state index contributed by atoms with van der Waals surface area (Å²) in [6.45, 7) is 9.81. The lowest BCUT2D eigenvalue weighted by molar-refractivity contribution is -0.137. The van der Waals surface area contributed by atoms with Crippen molar-refractivity contribution in [3.05, 3.63) is 59.9 Å². The minimum absolute atomic E-state index is 0.209. The Morgan fingerprint density at radius 1 is 0.938 bits per heavy atom. The smallest absolute Gasteiger partial charge is 0.277 e. The maximum Gasteiger partial charge on any atom is 0.277 e. The van der Waals surface area contributed by atoms with Gasteiger partial charge in [0.2, 0.25) is 0 Å². The van der Waals surface area contributed by atoms with E-state index in [1.807, 2.05) is 54.3 Å². The number of carbonyl (C=O) groups excluding carboxylic acids is 2. The molecule has 1 aromatic carbocycles. The van der Waals surface area contributed by atoms with E-state index in [0.717, 1.165) is 30.2 Å². The van der Waals surface area contributed by atoms with Crippen molar-refractivity contribution in [3.63, 3.8) is 0 Å². The lowest BCUT2D eigenvalue weighted by atomic mass is 10.0. The zero-order valence-electron chi connectivity index (χ0n) is 19.0. The summed E-state index contributed by atoms with van der Waals surface area (Å²) in [6, 6.07) is 13.4. The molecule has 0 N–H and O–H groups in total. The summed E-state index contributed by atoms with van der Waals surface area (Å²) >= 11 is 0. The summed E-state index contributed by atoms with van der Waals surface area (Å²) in [7, 11) is 0. The van der Waals surface area contributed by atoms with Crippen LogP contribution in [0.1, 0.15) is 26.3 Å². The van der Waals surface area contributed by atoms with Crippen molar-refractivity contribution < 1.29 is 14.3 Å². The van der Waals surface area contributed by atoms with Gasteiger partial charge < -0.3 is 14.5 Å². The molecule has 4 rings (SSSR count). The molecule has 1 saturated heterocycles. The first-order valence-corrected chi connectivity index (χ1v) is 11.2. The van der Waals surface area contributed by atoms with Gasteiger partial charge in [-0.05, 0) is 42.7 Å². The van der Waals surface area contributed by atoms with Crippen molar-refractivity contribution in [2.75, 3.05) is 44.2 Å². The summed E-state index contributed by atoms with van der Waals surface area (Å²) in [5.41, 5.74) is 1.74. The first kappa shape index (κ1) is 21.9. The highest BCUT2D eigenvalue weighted by atomic mass is 16.5. The van der Waals surface area contributed by atoms with Gasteiger partial charge in [-0.3, -0.25) is 14.5 Å². The van der Waals surface area contributed by atoms with E-state index in [1.54, 1.807) is 6.20 Å². The molecule has 0 atom stereocenters. The molecule has 3 heterocycles. The largest absolute Gasteiger partial charge is 0.493 e. The van der Waals surface area contributed by atoms with Crippen LogP contribution >= 0.6 is 0 Å². The molecule has 2 aromatic rings. The quantitative estimate of drug-likeness (QED) is 0.624. The minimum atomic E-state index is -0.226. The predicted molar refractivity (Wildman–Crippen MR) is 124 cm³/mol. The molecule has 168 valence electrons. The predicted octanol–water partition coefficient (Wildman–Crippen LogP) is 3.04. The number of nitrogens with zero attached hydrogens (tertiary/aromatic N) is 4. The monoisotopic (exact) mass is 434 g/mol. The molecule has 32 heavy (non-hydrogen) atoms. The van der Waals surface area contributed by atoms with Crippen molar-refractivity contribution in [2.24, 2.45) is 5.92 Å². The third-order valence-corrected chi connectivity index (χ3v) is 5.76. The van der Waals surface area contributed by atoms with Gasteiger partial charge in [0.15, 0.2) is 0 Å². The van der Waals surface area contributed by atoms with Crippen LogP contribution in [0.5, 0.6) is 5.75 Å². The molecule has 0 spiro atoms. The number of aromatic nitrogens is 1. The second-order valence-corrected chi connectivity index (χ2v) is 8.47. The Morgan fingerprint density at radius 2 is 1.62 bits per heavy atom. The van der Waals surface area contributed by atoms with Crippen LogP contribution in [0.15, 0.2) is 54.4 Å². The Labute approximate surface area is 189 Å². The summed E-state index contributed by atoms with van der Waals surface area (Å²) in [4.78, 5) is 36.4. The maximum absolute atomic E-state index is 13.2. The number of amides is 2. The van der Waals surface area contributed by atoms with Crippen LogP contribution < -0.4 is 9.64 Å². The van der Waals surface area contributed by atoms with Gasteiger partial charge in [-0.1, -0.05) is 32.0 Å². The van der Waals surface area contributed by atoms with Gasteiger partial charge in [0, 0.05) is 38.9 Å². The van der Waals surface area contributed by atoms with Gasteiger partial charge in [0.05, 0.1) is 12.2 Å². The normalized spacial score (nSPS) is 17.1. The Hall–Kier alpha value is -3.35. The van der Waals surface area contributed by atoms with Gasteiger partial charge in [0.1, 0.15) is 17.3 Å². The van der Waals surface area contributed by atoms with E-state index in [1.165, 1.54) is 4.90 Å². The SMILES string of the molecule is CCN1C(=O)C(c2ccc(OCC(C)C)cc2)=C(N2CCN(c3ccccn3)CC2)C1=O. The zero-order valence-corrected chi connectivity index (χ0v) is 19.0. The third kappa shape index (κ3) is 4.33. The zero-order chi connectivity index (χ0) is 22.7. The van der Waals surface area contributed by atoms with E-state index < -0.39 is 0 Å². The highest BCUT2D eigenvalue weighted by molar-refractivity contribution is 6.35. The third-order valence-electron chi connectivity index (χ3n) is 5.76. The lowest BCUT2D eigenvalue weighted by Gasteiger charge is -2.37. The summed E-state index contributed by atoms with van der Waals surface area (Å²) < 4.78 is 5.77. The number of rotatable bonds is 7. The lowest BCUT2D eigenvalue weighted by Crippen LogP contribution is -2.47. The average Bonchev–Trinajstić information content (AvgIpc) is 3.08. The standard InChI is InChI=1S/C25H30N4O3/c1-4-29-24(30)22(19-8-10-20(11-9-19)32-17-18(2)3)23(25(29)31)28-15-13-27(14-16-28)21-7-5-6-12-26-21/h5-12,18H,4,13-17H2,1-3H3. The van der Waals surface area contributed by atoms with Crippen LogP contribution in [-0.4, -0.2) is 65.9 Å². The van der Waals surface area contributed by atoms with Crippen molar-refractivity contribution >= 4 is 23.2 Å². The number of imide groups is 1. The number of benzene rings is 1. The van der Waals surface area contributed by atoms with E-state index >= 15 is 0 Å². The second-order valence-electron chi connectivity index (χ2n) is 8.47. The molecule has 1 fully saturated rings. The van der Waals surface area contributed by atoms with Crippen LogP contribution in [0, 0.1) is 5.92 Å². The Balaban J connectivity index is 1.58. The Bertz CT molecular complexity index is 994. The molecule has 2 aliphatic heterocycles. The fourth-order valence-electron chi connectivity index (χ4n) is 4.08. The number of ether oxygens (including phenoxy) is 1. The maximum atomic E-state index is 13.2. The molecular formula is C25H30N4O3. The number of piperazine rings is 1. The molecular weight excluding hydrogens is 404 g/mol. The summed E-state index contributed by atoms with van der Waals surface area (Å²) in [5, 5.41) is 0. The topological polar surface area (TPSA) is 66.0 Å². The molecule has 0 radical (unpaired) electrons. The highest BCUT2D eigenvalue weighted by Gasteiger charge is 2.41. The number of hydrogen-bond donors (Lipinski definition) is 0. The minimum Gasteiger partial charge on any atom is -0.493 e. The first-order valence-electron chi connectivity index (χ1n) is 11.2. The van der Waals surface area contributed by atoms with E-state index in [2.05, 4.69) is 23.7 Å². The van der Waals surface area contributed by atoms with Crippen molar-refractivity contribution in [1.82, 2.24) is 14.8 Å². The molecule has 7 nitrogen and oxygen atoms in total. The molecule has 2 amide bonds. The summed E-state index contributed by atoms with van der Waals surface area (Å²) in [5.74, 6) is 1.69. The Morgan fingerprint density at radius 3 is 2.22 bits per heavy atom. The Kier molecular flexibility index (Phi) is 6.44. The van der Waals surface area contributed by atoms with E-state index in [9.17, 15) is 9.59 Å². The fourth-order valence-corrected chi connectivity index (χ4v) is 4.08. The fraction of sp³-hybridized carbons (Fsp3) is 0.400. The van der Waals surface area contributed by atoms with Gasteiger partial charge in [0.25, 0.3) is 11.8 Å². The van der Waals surface area contributed by atoms with Crippen molar-refractivity contribution in [3.8, 4) is 5.75 Å². The van der Waals surface area contributed by atoms with Gasteiger partial charge in [-0.25, -0.2) is 4.98 Å². The van der Waals surface area contributed by atoms with Gasteiger partial charge in [-0.15, -0.1) is 0 Å². The molecule has 0 saturated carbocycles. The van der Waals surface area contributed by atoms with Crippen LogP contribution in [0.4, 0.5) is 5.82 Å². The van der Waals surface area contributed by atoms with Gasteiger partial charge in [-0.2, -0.15) is 0 Å². The number of carbonyl (C=O) groups is 2. The highest BCUT2D eigenvalue weighted by Crippen LogP contribution is 2.33. The first-order chi connectivity index (χ1) is 15.5. The van der Waals surface area contributed by atoms with Crippen LogP contribution in [0.25, 0.3) is 5.57 Å². The van der Waals surface area contributed by atoms with Crippen LogP contribution in [0.2, 0.25) is 0 Å². The van der Waals surface area contributed by atoms with E-state index in [0.29, 0.717) is 43.4 Å². The molecule has 1 aromatic heterocycles. The number of likely N-dealkylation sites (N-methyl/N-ethyl adjacent to an activating group) is 1. The number of hydrogen-bond acceptors (Lipinski definition) is 6. The average molecular weight is 435 g/mol. The van der Waals surface area contributed by atoms with Crippen molar-refractivity contribution in [2.45, 2.75) is 20.8 Å². The van der Waals surface area contributed by atoms with Crippen molar-refractivity contribution in [1.29, 1.82) is 0 Å². The van der Waals surface area contributed by atoms with Crippen LogP contribution in [0.3, 0.4) is 0 Å². The molecule has 2 aliphatic rings. The molecule has 7 heteroatoms. The molecule has 0 unspecified atom stereocenters. The van der Waals surface area contributed by atoms with Crippen LogP contribution in [-0.2, 0) is 9.59 Å². The number of pyridine rings is 1. The van der Waals surface area contributed by atoms with Gasteiger partial charge >= 0.3 is 0 Å². The van der Waals surface area contributed by atoms with E-state index in [4.69, 9.17) is 4.74 Å².